The molecule has 3 rings (SSSR count). The molecule has 3 aromatic rings. The van der Waals surface area contributed by atoms with Gasteiger partial charge in [0.25, 0.3) is 5.22 Å². The Kier molecular flexibility index (Phi) is 4.89. The van der Waals surface area contributed by atoms with Gasteiger partial charge in [0.2, 0.25) is 5.89 Å². The van der Waals surface area contributed by atoms with E-state index in [-0.39, 0.29) is 0 Å². The predicted octanol–water partition coefficient (Wildman–Crippen LogP) is 3.53. The lowest BCUT2D eigenvalue weighted by Crippen LogP contribution is -2.08. The normalized spacial score (nSPS) is 10.3. The van der Waals surface area contributed by atoms with Crippen molar-refractivity contribution in [3.05, 3.63) is 65.2 Å². The molecule has 5 nitrogen and oxygen atoms in total. The van der Waals surface area contributed by atoms with Gasteiger partial charge in [-0.05, 0) is 29.8 Å². The van der Waals surface area contributed by atoms with E-state index in [4.69, 9.17) is 27.6 Å². The summed E-state index contributed by atoms with van der Waals surface area (Å²) in [5.41, 5.74) is 8.89. The zero-order valence-electron chi connectivity index (χ0n) is 12.5. The van der Waals surface area contributed by atoms with Gasteiger partial charge in [-0.3, -0.25) is 0 Å². The molecule has 1 heterocycles. The highest BCUT2D eigenvalue weighted by atomic mass is 32.2. The molecule has 0 amide bonds. The SMILES string of the molecule is N#Cc1ccc(CSc2nnc(-c3cccc(C(N)=S)c3)o2)cc1. The summed E-state index contributed by atoms with van der Waals surface area (Å²) < 4.78 is 5.68. The largest absolute Gasteiger partial charge is 0.411 e. The molecule has 0 aliphatic carbocycles. The van der Waals surface area contributed by atoms with E-state index in [2.05, 4.69) is 16.3 Å². The van der Waals surface area contributed by atoms with Crippen molar-refractivity contribution >= 4 is 29.0 Å². The van der Waals surface area contributed by atoms with Crippen molar-refractivity contribution in [2.75, 3.05) is 0 Å². The summed E-state index contributed by atoms with van der Waals surface area (Å²) in [6.07, 6.45) is 0. The van der Waals surface area contributed by atoms with Gasteiger partial charge in [0.05, 0.1) is 11.6 Å². The Morgan fingerprint density at radius 1 is 1.21 bits per heavy atom. The Morgan fingerprint density at radius 3 is 2.71 bits per heavy atom. The fourth-order valence-electron chi connectivity index (χ4n) is 2.01. The van der Waals surface area contributed by atoms with Crippen LogP contribution in [0.2, 0.25) is 0 Å². The van der Waals surface area contributed by atoms with Crippen LogP contribution in [-0.4, -0.2) is 15.2 Å². The maximum absolute atomic E-state index is 8.80. The minimum absolute atomic E-state index is 0.326. The quantitative estimate of drug-likeness (QED) is 0.555. The van der Waals surface area contributed by atoms with E-state index in [1.165, 1.54) is 11.8 Å². The molecule has 118 valence electrons. The highest BCUT2D eigenvalue weighted by Gasteiger charge is 2.10. The summed E-state index contributed by atoms with van der Waals surface area (Å²) in [6, 6.07) is 16.9. The number of thiocarbonyl (C=S) groups is 1. The third-order valence-corrected chi connectivity index (χ3v) is 4.37. The van der Waals surface area contributed by atoms with Gasteiger partial charge < -0.3 is 10.2 Å². The average molecular weight is 352 g/mol. The van der Waals surface area contributed by atoms with Crippen LogP contribution in [0.5, 0.6) is 0 Å². The van der Waals surface area contributed by atoms with Crippen LogP contribution >= 0.6 is 24.0 Å². The first kappa shape index (κ1) is 16.2. The minimum Gasteiger partial charge on any atom is -0.411 e. The molecule has 0 aliphatic rings. The molecule has 2 N–H and O–H groups in total. The van der Waals surface area contributed by atoms with E-state index in [0.717, 1.165) is 16.7 Å². The van der Waals surface area contributed by atoms with Crippen LogP contribution in [-0.2, 0) is 5.75 Å². The van der Waals surface area contributed by atoms with Gasteiger partial charge >= 0.3 is 0 Å². The second kappa shape index (κ2) is 7.25. The Hall–Kier alpha value is -2.69. The molecule has 2 aromatic carbocycles. The van der Waals surface area contributed by atoms with Crippen LogP contribution < -0.4 is 5.73 Å². The number of aromatic nitrogens is 2. The van der Waals surface area contributed by atoms with Gasteiger partial charge in [-0.15, -0.1) is 10.2 Å². The number of thioether (sulfide) groups is 1. The summed E-state index contributed by atoms with van der Waals surface area (Å²) in [5.74, 6) is 1.11. The molecule has 0 unspecified atom stereocenters. The first-order valence-corrected chi connectivity index (χ1v) is 8.40. The number of hydrogen-bond acceptors (Lipinski definition) is 6. The minimum atomic E-state index is 0.326. The van der Waals surface area contributed by atoms with E-state index in [0.29, 0.717) is 27.4 Å². The third kappa shape index (κ3) is 3.79. The molecule has 7 heteroatoms. The number of hydrogen-bond donors (Lipinski definition) is 1. The summed E-state index contributed by atoms with van der Waals surface area (Å²) >= 11 is 6.42. The summed E-state index contributed by atoms with van der Waals surface area (Å²) in [5, 5.41) is 17.4. The van der Waals surface area contributed by atoms with Gasteiger partial charge in [-0.2, -0.15) is 5.26 Å². The second-order valence-corrected chi connectivity index (χ2v) is 6.28. The lowest BCUT2D eigenvalue weighted by Gasteiger charge is -2.00. The van der Waals surface area contributed by atoms with Crippen LogP contribution in [0.25, 0.3) is 11.5 Å². The molecule has 1 aromatic heterocycles. The van der Waals surface area contributed by atoms with Crippen molar-refractivity contribution in [3.8, 4) is 17.5 Å². The monoisotopic (exact) mass is 352 g/mol. The Morgan fingerprint density at radius 2 is 2.00 bits per heavy atom. The third-order valence-electron chi connectivity index (χ3n) is 3.25. The van der Waals surface area contributed by atoms with E-state index in [1.807, 2.05) is 36.4 Å². The molecular formula is C17H12N4OS2. The maximum atomic E-state index is 8.80. The molecule has 0 fully saturated rings. The molecule has 24 heavy (non-hydrogen) atoms. The number of rotatable bonds is 5. The van der Waals surface area contributed by atoms with Crippen molar-refractivity contribution in [3.63, 3.8) is 0 Å². The zero-order valence-corrected chi connectivity index (χ0v) is 14.1. The fraction of sp³-hybridized carbons (Fsp3) is 0.0588. The van der Waals surface area contributed by atoms with Gasteiger partial charge in [0.1, 0.15) is 4.99 Å². The van der Waals surface area contributed by atoms with Crippen LogP contribution in [0, 0.1) is 11.3 Å². The van der Waals surface area contributed by atoms with E-state index in [1.54, 1.807) is 12.1 Å². The first-order valence-electron chi connectivity index (χ1n) is 7.01. The van der Waals surface area contributed by atoms with Crippen LogP contribution in [0.4, 0.5) is 0 Å². The van der Waals surface area contributed by atoms with Crippen molar-refractivity contribution in [1.82, 2.24) is 10.2 Å². The summed E-state index contributed by atoms with van der Waals surface area (Å²) in [6.45, 7) is 0. The van der Waals surface area contributed by atoms with Crippen LogP contribution in [0.15, 0.2) is 58.2 Å². The molecule has 0 spiro atoms. The van der Waals surface area contributed by atoms with E-state index in [9.17, 15) is 0 Å². The van der Waals surface area contributed by atoms with Crippen molar-refractivity contribution in [2.45, 2.75) is 11.0 Å². The van der Waals surface area contributed by atoms with E-state index >= 15 is 0 Å². The first-order chi connectivity index (χ1) is 11.7. The standard InChI is InChI=1S/C17H12N4OS2/c18-9-11-4-6-12(7-5-11)10-24-17-21-20-16(22-17)14-3-1-2-13(8-14)15(19)23/h1-8H,10H2,(H2,19,23). The van der Waals surface area contributed by atoms with Crippen molar-refractivity contribution in [2.24, 2.45) is 5.73 Å². The molecule has 0 radical (unpaired) electrons. The number of nitrogens with zero attached hydrogens (tertiary/aromatic N) is 3. The fourth-order valence-corrected chi connectivity index (χ4v) is 2.86. The highest BCUT2D eigenvalue weighted by Crippen LogP contribution is 2.26. The zero-order chi connectivity index (χ0) is 16.9. The Balaban J connectivity index is 1.70. The molecule has 0 saturated heterocycles. The van der Waals surface area contributed by atoms with Crippen LogP contribution in [0.1, 0.15) is 16.7 Å². The lowest BCUT2D eigenvalue weighted by atomic mass is 10.1. The van der Waals surface area contributed by atoms with E-state index < -0.39 is 0 Å². The Labute approximate surface area is 148 Å². The van der Waals surface area contributed by atoms with Gasteiger partial charge in [-0.25, -0.2) is 0 Å². The number of nitrogens with two attached hydrogens (primary N) is 1. The maximum Gasteiger partial charge on any atom is 0.277 e. The van der Waals surface area contributed by atoms with Gasteiger partial charge in [-0.1, -0.05) is 48.2 Å². The van der Waals surface area contributed by atoms with Crippen molar-refractivity contribution in [1.29, 1.82) is 5.26 Å². The Bertz CT molecular complexity index is 913. The van der Waals surface area contributed by atoms with Gasteiger partial charge in [0, 0.05) is 16.9 Å². The second-order valence-electron chi connectivity index (χ2n) is 4.92. The lowest BCUT2D eigenvalue weighted by molar-refractivity contribution is 0.466. The summed E-state index contributed by atoms with van der Waals surface area (Å²) in [4.78, 5) is 0.326. The molecule has 0 bridgehead atoms. The van der Waals surface area contributed by atoms with Crippen molar-refractivity contribution < 1.29 is 4.42 Å². The number of benzene rings is 2. The van der Waals surface area contributed by atoms with Gasteiger partial charge in [0.15, 0.2) is 0 Å². The smallest absolute Gasteiger partial charge is 0.277 e. The number of nitriles is 1. The van der Waals surface area contributed by atoms with Crippen LogP contribution in [0.3, 0.4) is 0 Å². The molecule has 0 saturated carbocycles. The predicted molar refractivity (Wildman–Crippen MR) is 96.3 cm³/mol. The molecule has 0 aliphatic heterocycles. The molecular weight excluding hydrogens is 340 g/mol. The highest BCUT2D eigenvalue weighted by molar-refractivity contribution is 7.98. The summed E-state index contributed by atoms with van der Waals surface area (Å²) in [7, 11) is 0. The molecule has 0 atom stereocenters. The average Bonchev–Trinajstić information content (AvgIpc) is 3.09. The topological polar surface area (TPSA) is 88.7 Å².